The second-order valence-electron chi connectivity index (χ2n) is 6.42. The molecule has 29 heavy (non-hydrogen) atoms. The van der Waals surface area contributed by atoms with Gasteiger partial charge in [0, 0.05) is 5.56 Å². The third kappa shape index (κ3) is 3.34. The van der Waals surface area contributed by atoms with Crippen LogP contribution in [-0.2, 0) is 22.1 Å². The average molecular weight is 409 g/mol. The molecule has 7 heteroatoms. The molecule has 3 aromatic carbocycles. The minimum Gasteiger partial charge on any atom is -0.465 e. The first kappa shape index (κ1) is 19.0. The molecule has 0 spiro atoms. The zero-order chi connectivity index (χ0) is 20.5. The van der Waals surface area contributed by atoms with Crippen LogP contribution in [0.1, 0.15) is 26.3 Å². The van der Waals surface area contributed by atoms with Crippen molar-refractivity contribution in [2.24, 2.45) is 0 Å². The van der Waals surface area contributed by atoms with Gasteiger partial charge in [0.15, 0.2) is 0 Å². The van der Waals surface area contributed by atoms with Crippen molar-refractivity contribution < 1.29 is 22.9 Å². The van der Waals surface area contributed by atoms with E-state index in [1.807, 2.05) is 0 Å². The van der Waals surface area contributed by atoms with Gasteiger partial charge in [-0.3, -0.25) is 4.79 Å². The number of hydrogen-bond donors (Lipinski definition) is 0. The maximum absolute atomic E-state index is 14.3. The summed E-state index contributed by atoms with van der Waals surface area (Å²) in [5, 5.41) is 0. The predicted octanol–water partition coefficient (Wildman–Crippen LogP) is 3.94. The number of nitrogens with zero attached hydrogens (tertiary/aromatic N) is 1. The molecule has 0 saturated heterocycles. The van der Waals surface area contributed by atoms with E-state index < -0.39 is 28.5 Å². The summed E-state index contributed by atoms with van der Waals surface area (Å²) in [6.45, 7) is -0.0747. The van der Waals surface area contributed by atoms with Crippen LogP contribution in [0.5, 0.6) is 0 Å². The number of fused-ring (bicyclic) bond motifs is 2. The van der Waals surface area contributed by atoms with Gasteiger partial charge >= 0.3 is 5.97 Å². The van der Waals surface area contributed by atoms with Gasteiger partial charge in [-0.25, -0.2) is 13.4 Å². The normalized spacial score (nSPS) is 15.3. The van der Waals surface area contributed by atoms with Crippen molar-refractivity contribution in [2.45, 2.75) is 16.3 Å². The van der Waals surface area contributed by atoms with E-state index in [-0.39, 0.29) is 23.4 Å². The van der Waals surface area contributed by atoms with Crippen LogP contribution in [-0.4, -0.2) is 23.2 Å². The van der Waals surface area contributed by atoms with Crippen molar-refractivity contribution in [1.82, 2.24) is 0 Å². The van der Waals surface area contributed by atoms with Gasteiger partial charge in [0.25, 0.3) is 5.91 Å². The lowest BCUT2D eigenvalue weighted by atomic mass is 10.1. The van der Waals surface area contributed by atoms with Gasteiger partial charge in [0.05, 0.1) is 51.1 Å². The molecule has 0 saturated carbocycles. The second kappa shape index (κ2) is 7.60. The molecule has 5 nitrogen and oxygen atoms in total. The van der Waals surface area contributed by atoms with E-state index in [4.69, 9.17) is 4.74 Å². The number of halogens is 1. The maximum Gasteiger partial charge on any atom is 0.337 e. The number of ether oxygens (including phenoxy) is 1. The lowest BCUT2D eigenvalue weighted by Gasteiger charge is -2.23. The average Bonchev–Trinajstić information content (AvgIpc) is 2.84. The van der Waals surface area contributed by atoms with E-state index in [0.29, 0.717) is 15.4 Å². The molecule has 0 bridgehead atoms. The fourth-order valence-corrected chi connectivity index (χ4v) is 4.61. The van der Waals surface area contributed by atoms with Crippen LogP contribution in [0.3, 0.4) is 0 Å². The highest BCUT2D eigenvalue weighted by Gasteiger charge is 2.32. The number of amides is 1. The highest BCUT2D eigenvalue weighted by Crippen LogP contribution is 2.36. The summed E-state index contributed by atoms with van der Waals surface area (Å²) in [5.41, 5.74) is 1.08. The van der Waals surface area contributed by atoms with Crippen LogP contribution >= 0.6 is 0 Å². The molecule has 1 aliphatic heterocycles. The molecule has 3 aromatic rings. The zero-order valence-corrected chi connectivity index (χ0v) is 16.2. The van der Waals surface area contributed by atoms with E-state index in [2.05, 4.69) is 0 Å². The third-order valence-electron chi connectivity index (χ3n) is 4.72. The molecular weight excluding hydrogens is 393 g/mol. The Morgan fingerprint density at radius 1 is 1.03 bits per heavy atom. The first-order chi connectivity index (χ1) is 14.0. The Morgan fingerprint density at radius 2 is 1.76 bits per heavy atom. The quantitative estimate of drug-likeness (QED) is 0.615. The van der Waals surface area contributed by atoms with E-state index in [0.717, 1.165) is 0 Å². The van der Waals surface area contributed by atoms with Crippen LogP contribution in [0.2, 0.25) is 0 Å². The Hall–Kier alpha value is -3.32. The van der Waals surface area contributed by atoms with E-state index in [1.165, 1.54) is 30.2 Å². The number of esters is 1. The Morgan fingerprint density at radius 3 is 2.52 bits per heavy atom. The van der Waals surface area contributed by atoms with Gasteiger partial charge < -0.3 is 9.64 Å². The van der Waals surface area contributed by atoms with Gasteiger partial charge in [-0.15, -0.1) is 0 Å². The minimum absolute atomic E-state index is 0.0747. The van der Waals surface area contributed by atoms with Crippen molar-refractivity contribution in [3.63, 3.8) is 0 Å². The Labute approximate surface area is 169 Å². The highest BCUT2D eigenvalue weighted by molar-refractivity contribution is 7.85. The van der Waals surface area contributed by atoms with Crippen molar-refractivity contribution in [3.8, 4) is 0 Å². The third-order valence-corrected chi connectivity index (χ3v) is 6.22. The Bertz CT molecular complexity index is 1160. The van der Waals surface area contributed by atoms with E-state index >= 15 is 0 Å². The van der Waals surface area contributed by atoms with Crippen LogP contribution in [0.15, 0.2) is 76.5 Å². The van der Waals surface area contributed by atoms with Crippen molar-refractivity contribution in [3.05, 3.63) is 89.2 Å². The summed E-state index contributed by atoms with van der Waals surface area (Å²) in [6.07, 6.45) is 0. The van der Waals surface area contributed by atoms with Crippen molar-refractivity contribution in [1.29, 1.82) is 0 Å². The number of methoxy groups -OCH3 is 1. The topological polar surface area (TPSA) is 63.7 Å². The van der Waals surface area contributed by atoms with Crippen LogP contribution in [0.4, 0.5) is 10.1 Å². The number of carbonyl (C=O) groups is 2. The van der Waals surface area contributed by atoms with Gasteiger partial charge in [-0.1, -0.05) is 30.3 Å². The number of carbonyl (C=O) groups excluding carboxylic acids is 2. The number of hydrogen-bond acceptors (Lipinski definition) is 4. The summed E-state index contributed by atoms with van der Waals surface area (Å²) in [5.74, 6) is -1.46. The Kier molecular flexibility index (Phi) is 4.98. The van der Waals surface area contributed by atoms with Gasteiger partial charge in [-0.2, -0.15) is 0 Å². The van der Waals surface area contributed by atoms with Crippen molar-refractivity contribution in [2.75, 3.05) is 12.0 Å². The predicted molar refractivity (Wildman–Crippen MR) is 106 cm³/mol. The summed E-state index contributed by atoms with van der Waals surface area (Å²) >= 11 is 0. The SMILES string of the molecule is COC(=O)c1ccc2c(c1)N(Cc1ccccc1F)C(=O)c1ccccc1S2=O. The molecule has 1 amide bonds. The van der Waals surface area contributed by atoms with E-state index in [1.54, 1.807) is 48.5 Å². The summed E-state index contributed by atoms with van der Waals surface area (Å²) < 4.78 is 32.3. The number of anilines is 1. The lowest BCUT2D eigenvalue weighted by Crippen LogP contribution is -2.31. The lowest BCUT2D eigenvalue weighted by molar-refractivity contribution is 0.0600. The standard InChI is InChI=1S/C22H16FNO4S/c1-28-22(26)14-10-11-20-18(12-14)24(13-15-6-2-4-8-17(15)23)21(25)16-7-3-5-9-19(16)29(20)27/h2-12H,13H2,1H3. The zero-order valence-electron chi connectivity index (χ0n) is 15.4. The number of benzene rings is 3. The van der Waals surface area contributed by atoms with Gasteiger partial charge in [-0.05, 0) is 36.4 Å². The first-order valence-electron chi connectivity index (χ1n) is 8.79. The second-order valence-corrected chi connectivity index (χ2v) is 7.84. The van der Waals surface area contributed by atoms with Gasteiger partial charge in [0.1, 0.15) is 5.82 Å². The van der Waals surface area contributed by atoms with Crippen LogP contribution in [0, 0.1) is 5.82 Å². The fraction of sp³-hybridized carbons (Fsp3) is 0.0909. The monoisotopic (exact) mass is 409 g/mol. The molecule has 0 radical (unpaired) electrons. The minimum atomic E-state index is -1.64. The summed E-state index contributed by atoms with van der Waals surface area (Å²) in [4.78, 5) is 27.5. The van der Waals surface area contributed by atoms with Crippen molar-refractivity contribution >= 4 is 28.4 Å². The highest BCUT2D eigenvalue weighted by atomic mass is 32.2. The molecule has 4 rings (SSSR count). The van der Waals surface area contributed by atoms with Gasteiger partial charge in [0.2, 0.25) is 0 Å². The molecule has 1 atom stereocenters. The summed E-state index contributed by atoms with van der Waals surface area (Å²) in [7, 11) is -0.390. The summed E-state index contributed by atoms with van der Waals surface area (Å²) in [6, 6.07) is 17.3. The van der Waals surface area contributed by atoms with Crippen LogP contribution in [0.25, 0.3) is 0 Å². The van der Waals surface area contributed by atoms with Crippen LogP contribution < -0.4 is 4.90 Å². The fourth-order valence-electron chi connectivity index (χ4n) is 3.26. The van der Waals surface area contributed by atoms with E-state index in [9.17, 15) is 18.2 Å². The molecule has 146 valence electrons. The first-order valence-corrected chi connectivity index (χ1v) is 9.94. The molecule has 0 aromatic heterocycles. The Balaban J connectivity index is 1.94. The molecular formula is C22H16FNO4S. The molecule has 1 unspecified atom stereocenters. The molecule has 0 fully saturated rings. The smallest absolute Gasteiger partial charge is 0.337 e. The maximum atomic E-state index is 14.3. The molecule has 0 N–H and O–H groups in total. The number of rotatable bonds is 3. The molecule has 0 aliphatic carbocycles. The largest absolute Gasteiger partial charge is 0.465 e. The molecule has 1 heterocycles. The molecule has 1 aliphatic rings.